The molecule has 1 nitrogen and oxygen atoms in total. The van der Waals surface area contributed by atoms with E-state index in [-0.39, 0.29) is 0 Å². The van der Waals surface area contributed by atoms with Crippen molar-refractivity contribution in [1.29, 1.82) is 0 Å². The molecule has 0 saturated heterocycles. The third-order valence-corrected chi connectivity index (χ3v) is 11.9. The Balaban J connectivity index is 0.00000124. The lowest BCUT2D eigenvalue weighted by atomic mass is 9.44. The molecule has 2 N–H and O–H groups in total. The van der Waals surface area contributed by atoms with Crippen molar-refractivity contribution in [2.75, 3.05) is 5.75 Å². The van der Waals surface area contributed by atoms with E-state index in [1.165, 1.54) is 57.8 Å². The van der Waals surface area contributed by atoms with Crippen molar-refractivity contribution >= 4 is 11.9 Å². The minimum atomic E-state index is 0.415. The maximum Gasteiger partial charge on any atom is 0.0107 e. The zero-order valence-corrected chi connectivity index (χ0v) is 22.3. The van der Waals surface area contributed by atoms with Gasteiger partial charge in [0, 0.05) is 5.75 Å². The van der Waals surface area contributed by atoms with Crippen LogP contribution in [0.2, 0.25) is 0 Å². The first-order valence-corrected chi connectivity index (χ1v) is 14.6. The van der Waals surface area contributed by atoms with Crippen molar-refractivity contribution in [3.8, 4) is 0 Å². The second kappa shape index (κ2) is 9.66. The van der Waals surface area contributed by atoms with Crippen molar-refractivity contribution < 1.29 is 0 Å². The first-order valence-electron chi connectivity index (χ1n) is 13.5. The molecule has 8 unspecified atom stereocenters. The van der Waals surface area contributed by atoms with Gasteiger partial charge in [-0.3, -0.25) is 5.14 Å². The van der Waals surface area contributed by atoms with Crippen molar-refractivity contribution in [1.82, 2.24) is 0 Å². The third-order valence-electron chi connectivity index (χ3n) is 11.2. The molecule has 0 amide bonds. The molecule has 4 aliphatic carbocycles. The highest BCUT2D eigenvalue weighted by Crippen LogP contribution is 2.68. The molecule has 30 heavy (non-hydrogen) atoms. The van der Waals surface area contributed by atoms with Crippen LogP contribution in [-0.4, -0.2) is 5.75 Å². The van der Waals surface area contributed by atoms with Gasteiger partial charge in [-0.1, -0.05) is 73.3 Å². The second-order valence-electron chi connectivity index (χ2n) is 12.6. The Morgan fingerprint density at radius 3 is 2.30 bits per heavy atom. The maximum absolute atomic E-state index is 5.82. The average molecular weight is 436 g/mol. The van der Waals surface area contributed by atoms with E-state index in [4.69, 9.17) is 5.14 Å². The molecular formula is C28H53NS. The molecule has 176 valence electrons. The third kappa shape index (κ3) is 4.27. The molecule has 4 saturated carbocycles. The number of nitrogens with two attached hydrogens (primary N) is 1. The Kier molecular flexibility index (Phi) is 8.03. The van der Waals surface area contributed by atoms with Crippen LogP contribution >= 0.6 is 11.9 Å². The molecule has 0 aromatic rings. The lowest BCUT2D eigenvalue weighted by molar-refractivity contribution is -0.113. The van der Waals surface area contributed by atoms with Crippen molar-refractivity contribution in [2.24, 2.45) is 56.9 Å². The molecule has 0 spiro atoms. The van der Waals surface area contributed by atoms with Gasteiger partial charge in [0.15, 0.2) is 0 Å². The highest BCUT2D eigenvalue weighted by molar-refractivity contribution is 7.97. The summed E-state index contributed by atoms with van der Waals surface area (Å²) in [6, 6.07) is 0. The standard InChI is InChI=1S/C26H47NS.C2H6/c1-18(17-28-27)24(2,3)16-20-10-12-22-21-11-9-19-8-6-7-14-25(19,4)23(21)13-15-26(20,22)5;1-2/h18-23H,6-17,27H2,1-5H3;1-2H3. The summed E-state index contributed by atoms with van der Waals surface area (Å²) in [5.41, 5.74) is 1.72. The fraction of sp³-hybridized carbons (Fsp3) is 1.00. The molecule has 0 aliphatic heterocycles. The Hall–Kier alpha value is 0.310. The molecule has 0 bridgehead atoms. The van der Waals surface area contributed by atoms with Gasteiger partial charge in [0.1, 0.15) is 0 Å². The fourth-order valence-electron chi connectivity index (χ4n) is 8.95. The van der Waals surface area contributed by atoms with Crippen LogP contribution in [0.1, 0.15) is 119 Å². The monoisotopic (exact) mass is 435 g/mol. The Morgan fingerprint density at radius 1 is 0.900 bits per heavy atom. The van der Waals surface area contributed by atoms with E-state index in [9.17, 15) is 0 Å². The minimum absolute atomic E-state index is 0.415. The van der Waals surface area contributed by atoms with E-state index in [1.54, 1.807) is 24.8 Å². The van der Waals surface area contributed by atoms with Crippen LogP contribution in [0.4, 0.5) is 0 Å². The van der Waals surface area contributed by atoms with Crippen molar-refractivity contribution in [3.05, 3.63) is 0 Å². The first-order chi connectivity index (χ1) is 14.2. The van der Waals surface area contributed by atoms with Crippen LogP contribution in [0.5, 0.6) is 0 Å². The van der Waals surface area contributed by atoms with E-state index in [1.807, 2.05) is 13.8 Å². The summed E-state index contributed by atoms with van der Waals surface area (Å²) >= 11 is 1.54. The van der Waals surface area contributed by atoms with Crippen molar-refractivity contribution in [2.45, 2.75) is 119 Å². The summed E-state index contributed by atoms with van der Waals surface area (Å²) in [4.78, 5) is 0. The van der Waals surface area contributed by atoms with Gasteiger partial charge >= 0.3 is 0 Å². The highest BCUT2D eigenvalue weighted by atomic mass is 32.2. The molecular weight excluding hydrogens is 382 g/mol. The van der Waals surface area contributed by atoms with Crippen LogP contribution in [0.25, 0.3) is 0 Å². The zero-order valence-electron chi connectivity index (χ0n) is 21.4. The summed E-state index contributed by atoms with van der Waals surface area (Å²) in [6.07, 6.45) is 16.7. The molecule has 4 rings (SSSR count). The normalized spacial score (nSPS) is 44.2. The number of rotatable bonds is 5. The van der Waals surface area contributed by atoms with Crippen LogP contribution in [-0.2, 0) is 0 Å². The van der Waals surface area contributed by atoms with E-state index >= 15 is 0 Å². The van der Waals surface area contributed by atoms with Crippen LogP contribution in [0.3, 0.4) is 0 Å². The number of hydrogen-bond acceptors (Lipinski definition) is 2. The fourth-order valence-corrected chi connectivity index (χ4v) is 9.69. The Bertz CT molecular complexity index is 559. The van der Waals surface area contributed by atoms with Gasteiger partial charge in [0.2, 0.25) is 0 Å². The molecule has 0 aromatic carbocycles. The SMILES string of the molecule is CC.CC(CSN)C(C)(C)CC1CCC2C3CCC4CCCCC4(C)C3CCC12C. The van der Waals surface area contributed by atoms with E-state index < -0.39 is 0 Å². The maximum atomic E-state index is 5.82. The molecule has 0 aromatic heterocycles. The summed E-state index contributed by atoms with van der Waals surface area (Å²) in [6.45, 7) is 16.9. The molecule has 4 aliphatic rings. The Labute approximate surface area is 193 Å². The predicted molar refractivity (Wildman–Crippen MR) is 135 cm³/mol. The Morgan fingerprint density at radius 2 is 1.60 bits per heavy atom. The van der Waals surface area contributed by atoms with Gasteiger partial charge in [0.25, 0.3) is 0 Å². The highest BCUT2D eigenvalue weighted by Gasteiger charge is 2.59. The molecule has 0 radical (unpaired) electrons. The number of hydrogen-bond donors (Lipinski definition) is 1. The molecule has 0 heterocycles. The van der Waals surface area contributed by atoms with Gasteiger partial charge in [-0.2, -0.15) is 0 Å². The number of fused-ring (bicyclic) bond motifs is 5. The van der Waals surface area contributed by atoms with Gasteiger partial charge in [-0.25, -0.2) is 0 Å². The minimum Gasteiger partial charge on any atom is -0.278 e. The topological polar surface area (TPSA) is 26.0 Å². The summed E-state index contributed by atoms with van der Waals surface area (Å²) < 4.78 is 0. The largest absolute Gasteiger partial charge is 0.278 e. The van der Waals surface area contributed by atoms with E-state index in [0.717, 1.165) is 35.3 Å². The first kappa shape index (κ1) is 24.9. The molecule has 8 atom stereocenters. The molecule has 2 heteroatoms. The second-order valence-corrected chi connectivity index (χ2v) is 13.3. The van der Waals surface area contributed by atoms with Crippen LogP contribution < -0.4 is 5.14 Å². The van der Waals surface area contributed by atoms with E-state index in [2.05, 4.69) is 34.6 Å². The van der Waals surface area contributed by atoms with Crippen LogP contribution in [0, 0.1) is 51.8 Å². The summed E-state index contributed by atoms with van der Waals surface area (Å²) in [5.74, 6) is 6.91. The summed E-state index contributed by atoms with van der Waals surface area (Å²) in [7, 11) is 0. The van der Waals surface area contributed by atoms with Gasteiger partial charge in [0.05, 0.1) is 0 Å². The van der Waals surface area contributed by atoms with Gasteiger partial charge in [-0.05, 0) is 110 Å². The summed E-state index contributed by atoms with van der Waals surface area (Å²) in [5, 5.41) is 5.82. The van der Waals surface area contributed by atoms with Crippen molar-refractivity contribution in [3.63, 3.8) is 0 Å². The lowest BCUT2D eigenvalue weighted by Crippen LogP contribution is -2.52. The van der Waals surface area contributed by atoms with Gasteiger partial charge in [-0.15, -0.1) is 0 Å². The smallest absolute Gasteiger partial charge is 0.0107 e. The molecule has 4 fully saturated rings. The quantitative estimate of drug-likeness (QED) is 0.437. The van der Waals surface area contributed by atoms with Crippen LogP contribution in [0.15, 0.2) is 0 Å². The lowest BCUT2D eigenvalue weighted by Gasteiger charge is -2.61. The van der Waals surface area contributed by atoms with Gasteiger partial charge < -0.3 is 0 Å². The predicted octanol–water partition coefficient (Wildman–Crippen LogP) is 8.72. The zero-order chi connectivity index (χ0) is 22.2. The average Bonchev–Trinajstić information content (AvgIpc) is 3.05. The van der Waals surface area contributed by atoms with E-state index in [0.29, 0.717) is 22.2 Å².